The van der Waals surface area contributed by atoms with Crippen molar-refractivity contribution < 1.29 is 0 Å². The second-order valence-corrected chi connectivity index (χ2v) is 4.34. The van der Waals surface area contributed by atoms with Crippen LogP contribution in [0.4, 0.5) is 5.82 Å². The van der Waals surface area contributed by atoms with E-state index in [1.54, 1.807) is 0 Å². The Morgan fingerprint density at radius 3 is 2.94 bits per heavy atom. The fourth-order valence-electron chi connectivity index (χ4n) is 1.34. The van der Waals surface area contributed by atoms with E-state index in [4.69, 9.17) is 0 Å². The van der Waals surface area contributed by atoms with Crippen molar-refractivity contribution in [3.63, 3.8) is 0 Å². The first kappa shape index (κ1) is 13.2. The third kappa shape index (κ3) is 4.75. The molecule has 0 radical (unpaired) electrons. The number of aryl methyl sites for hydroxylation is 1. The predicted molar refractivity (Wildman–Crippen MR) is 71.6 cm³/mol. The molecule has 0 fully saturated rings. The summed E-state index contributed by atoms with van der Waals surface area (Å²) in [5.74, 6) is 1.79. The molecule has 1 N–H and O–H groups in total. The number of nitrogens with one attached hydrogen (secondary N) is 1. The minimum Gasteiger partial charge on any atom is -0.370 e. The van der Waals surface area contributed by atoms with Crippen molar-refractivity contribution in [1.82, 2.24) is 9.97 Å². The van der Waals surface area contributed by atoms with Crippen molar-refractivity contribution in [3.8, 4) is 0 Å². The summed E-state index contributed by atoms with van der Waals surface area (Å²) in [5.41, 5.74) is 0. The Kier molecular flexibility index (Phi) is 6.08. The number of anilines is 1. The summed E-state index contributed by atoms with van der Waals surface area (Å²) < 4.78 is 0.847. The van der Waals surface area contributed by atoms with Crippen molar-refractivity contribution >= 4 is 21.7 Å². The van der Waals surface area contributed by atoms with Gasteiger partial charge in [-0.3, -0.25) is 0 Å². The zero-order valence-corrected chi connectivity index (χ0v) is 11.4. The molecule has 0 amide bonds. The highest BCUT2D eigenvalue weighted by molar-refractivity contribution is 9.10. The van der Waals surface area contributed by atoms with Crippen LogP contribution in [0.25, 0.3) is 0 Å². The molecule has 1 rings (SSSR count). The van der Waals surface area contributed by atoms with Crippen LogP contribution in [0, 0.1) is 0 Å². The lowest BCUT2D eigenvalue weighted by atomic mass is 10.3. The van der Waals surface area contributed by atoms with E-state index in [0.29, 0.717) is 0 Å². The van der Waals surface area contributed by atoms with Gasteiger partial charge in [0.15, 0.2) is 0 Å². The second kappa shape index (κ2) is 7.39. The maximum Gasteiger partial charge on any atom is 0.132 e. The Morgan fingerprint density at radius 2 is 2.25 bits per heavy atom. The van der Waals surface area contributed by atoms with Gasteiger partial charge in [0.1, 0.15) is 16.2 Å². The summed E-state index contributed by atoms with van der Waals surface area (Å²) in [6.45, 7) is 5.06. The van der Waals surface area contributed by atoms with E-state index in [2.05, 4.69) is 50.3 Å². The molecule has 0 aliphatic rings. The summed E-state index contributed by atoms with van der Waals surface area (Å²) in [5, 5.41) is 3.29. The second-order valence-electron chi connectivity index (χ2n) is 3.53. The normalized spacial score (nSPS) is 10.9. The van der Waals surface area contributed by atoms with Gasteiger partial charge in [0, 0.05) is 19.0 Å². The maximum atomic E-state index is 4.44. The fourth-order valence-corrected chi connectivity index (χ4v) is 1.76. The number of hydrogen-bond donors (Lipinski definition) is 1. The van der Waals surface area contributed by atoms with Gasteiger partial charge in [-0.15, -0.1) is 0 Å². The molecule has 0 aliphatic heterocycles. The summed E-state index contributed by atoms with van der Waals surface area (Å²) in [4.78, 5) is 8.76. The minimum absolute atomic E-state index is 0.847. The number of hydrogen-bond acceptors (Lipinski definition) is 3. The Morgan fingerprint density at radius 1 is 1.44 bits per heavy atom. The third-order valence-corrected chi connectivity index (χ3v) is 2.47. The quantitative estimate of drug-likeness (QED) is 0.493. The van der Waals surface area contributed by atoms with E-state index >= 15 is 0 Å². The number of nitrogens with zero attached hydrogens (tertiary/aromatic N) is 2. The van der Waals surface area contributed by atoms with Crippen molar-refractivity contribution in [2.24, 2.45) is 0 Å². The number of allylic oxidation sites excluding steroid dienone is 1. The molecule has 1 heterocycles. The molecule has 16 heavy (non-hydrogen) atoms. The number of halogens is 1. The standard InChI is InChI=1S/C12H18BrN3/c1-3-5-6-8-14-12-9-10(13)15-11(16-12)7-4-2/h3,5,9H,4,6-8H2,1-2H3,(H,14,15,16)/b5-3+. The fraction of sp³-hybridized carbons (Fsp3) is 0.500. The maximum absolute atomic E-state index is 4.44. The predicted octanol–water partition coefficient (Wildman–Crippen LogP) is 3.57. The van der Waals surface area contributed by atoms with Gasteiger partial charge in [-0.25, -0.2) is 9.97 Å². The molecule has 0 saturated carbocycles. The highest BCUT2D eigenvalue weighted by Crippen LogP contribution is 2.13. The third-order valence-electron chi connectivity index (χ3n) is 2.07. The van der Waals surface area contributed by atoms with Gasteiger partial charge in [0.05, 0.1) is 0 Å². The molecule has 1 aromatic rings. The van der Waals surface area contributed by atoms with E-state index in [0.717, 1.165) is 42.1 Å². The smallest absolute Gasteiger partial charge is 0.132 e. The van der Waals surface area contributed by atoms with Crippen molar-refractivity contribution in [2.75, 3.05) is 11.9 Å². The van der Waals surface area contributed by atoms with Gasteiger partial charge >= 0.3 is 0 Å². The van der Waals surface area contributed by atoms with Crippen LogP contribution in [0.1, 0.15) is 32.5 Å². The van der Waals surface area contributed by atoms with Gasteiger partial charge in [0.2, 0.25) is 0 Å². The van der Waals surface area contributed by atoms with Crippen LogP contribution in [0.5, 0.6) is 0 Å². The van der Waals surface area contributed by atoms with E-state index in [9.17, 15) is 0 Å². The number of aromatic nitrogens is 2. The Labute approximate surface area is 106 Å². The average Bonchev–Trinajstić information content (AvgIpc) is 2.24. The summed E-state index contributed by atoms with van der Waals surface area (Å²) in [6.07, 6.45) is 7.19. The zero-order valence-electron chi connectivity index (χ0n) is 9.83. The highest BCUT2D eigenvalue weighted by Gasteiger charge is 2.01. The van der Waals surface area contributed by atoms with Crippen molar-refractivity contribution in [1.29, 1.82) is 0 Å². The topological polar surface area (TPSA) is 37.8 Å². The molecule has 0 aromatic carbocycles. The molecule has 4 heteroatoms. The highest BCUT2D eigenvalue weighted by atomic mass is 79.9. The van der Waals surface area contributed by atoms with E-state index in [1.807, 2.05) is 13.0 Å². The molecular formula is C12H18BrN3. The van der Waals surface area contributed by atoms with Crippen molar-refractivity contribution in [2.45, 2.75) is 33.1 Å². The monoisotopic (exact) mass is 283 g/mol. The summed E-state index contributed by atoms with van der Waals surface area (Å²) >= 11 is 3.40. The summed E-state index contributed by atoms with van der Waals surface area (Å²) in [6, 6.07) is 1.91. The lowest BCUT2D eigenvalue weighted by Gasteiger charge is -2.06. The van der Waals surface area contributed by atoms with Crippen LogP contribution in [0.2, 0.25) is 0 Å². The minimum atomic E-state index is 0.847. The van der Waals surface area contributed by atoms with Gasteiger partial charge in [-0.2, -0.15) is 0 Å². The first-order chi connectivity index (χ1) is 7.76. The Hall–Kier alpha value is -0.900. The molecular weight excluding hydrogens is 266 g/mol. The molecule has 0 spiro atoms. The van der Waals surface area contributed by atoms with Crippen LogP contribution in [-0.4, -0.2) is 16.5 Å². The Balaban J connectivity index is 2.57. The first-order valence-corrected chi connectivity index (χ1v) is 6.44. The van der Waals surface area contributed by atoms with Crippen LogP contribution in [0.3, 0.4) is 0 Å². The first-order valence-electron chi connectivity index (χ1n) is 5.64. The molecule has 88 valence electrons. The van der Waals surface area contributed by atoms with Crippen LogP contribution >= 0.6 is 15.9 Å². The average molecular weight is 284 g/mol. The molecule has 0 saturated heterocycles. The molecule has 0 bridgehead atoms. The van der Waals surface area contributed by atoms with Gasteiger partial charge in [-0.05, 0) is 35.7 Å². The van der Waals surface area contributed by atoms with Gasteiger partial charge < -0.3 is 5.32 Å². The lowest BCUT2D eigenvalue weighted by molar-refractivity contribution is 0.828. The van der Waals surface area contributed by atoms with Gasteiger partial charge in [0.25, 0.3) is 0 Å². The van der Waals surface area contributed by atoms with Crippen LogP contribution < -0.4 is 5.32 Å². The lowest BCUT2D eigenvalue weighted by Crippen LogP contribution is -2.05. The van der Waals surface area contributed by atoms with Crippen LogP contribution in [0.15, 0.2) is 22.8 Å². The van der Waals surface area contributed by atoms with Gasteiger partial charge in [-0.1, -0.05) is 19.1 Å². The summed E-state index contributed by atoms with van der Waals surface area (Å²) in [7, 11) is 0. The van der Waals surface area contributed by atoms with Crippen molar-refractivity contribution in [3.05, 3.63) is 28.6 Å². The molecule has 3 nitrogen and oxygen atoms in total. The van der Waals surface area contributed by atoms with E-state index < -0.39 is 0 Å². The zero-order chi connectivity index (χ0) is 11.8. The molecule has 1 aromatic heterocycles. The largest absolute Gasteiger partial charge is 0.370 e. The number of rotatable bonds is 6. The van der Waals surface area contributed by atoms with Crippen LogP contribution in [-0.2, 0) is 6.42 Å². The Bertz CT molecular complexity index is 350. The SMILES string of the molecule is C/C=C/CCNc1cc(Br)nc(CCC)n1. The molecule has 0 atom stereocenters. The molecule has 0 aliphatic carbocycles. The van der Waals surface area contributed by atoms with E-state index in [1.165, 1.54) is 0 Å². The van der Waals surface area contributed by atoms with E-state index in [-0.39, 0.29) is 0 Å². The molecule has 0 unspecified atom stereocenters.